The number of nitrogens with zero attached hydrogens (tertiary/aromatic N) is 2. The Morgan fingerprint density at radius 1 is 1.00 bits per heavy atom. The number of halogens is 2. The monoisotopic (exact) mass is 348 g/mol. The van der Waals surface area contributed by atoms with Crippen LogP contribution in [0.25, 0.3) is 21.8 Å². The van der Waals surface area contributed by atoms with E-state index in [1.807, 2.05) is 4.57 Å². The quantitative estimate of drug-likeness (QED) is 0.727. The maximum absolute atomic E-state index is 13.7. The Balaban J connectivity index is 1.75. The van der Waals surface area contributed by atoms with Crippen molar-refractivity contribution in [3.05, 3.63) is 48.0 Å². The lowest BCUT2D eigenvalue weighted by atomic mass is 10.1. The second kappa shape index (κ2) is 6.35. The average Bonchev–Trinajstić information content (AvgIpc) is 3.14. The predicted octanol–water partition coefficient (Wildman–Crippen LogP) is 3.79. The molecule has 1 aliphatic rings. The van der Waals surface area contributed by atoms with Gasteiger partial charge >= 0.3 is 0 Å². The van der Waals surface area contributed by atoms with Gasteiger partial charge in [0.05, 0.1) is 18.2 Å². The lowest BCUT2D eigenvalue weighted by molar-refractivity contribution is 0.135. The minimum Gasteiger partial charge on any atom is -0.390 e. The SMILES string of the molecule is OC(CN1CCCS1)Cn1c2ccc(F)cc2c2ccc(F)cc21. The number of β-amino-alcohol motifs (C(OH)–C–C–N with tert-alkyl or cyclic N) is 1. The van der Waals surface area contributed by atoms with Crippen LogP contribution in [-0.2, 0) is 6.54 Å². The van der Waals surface area contributed by atoms with Crippen molar-refractivity contribution in [3.63, 3.8) is 0 Å². The first kappa shape index (κ1) is 15.9. The molecule has 1 unspecified atom stereocenters. The Kier molecular flexibility index (Phi) is 4.20. The van der Waals surface area contributed by atoms with Crippen LogP contribution in [0.2, 0.25) is 0 Å². The van der Waals surface area contributed by atoms with Gasteiger partial charge in [0, 0.05) is 35.1 Å². The first-order valence-corrected chi connectivity index (χ1v) is 8.99. The molecule has 0 saturated carbocycles. The Bertz CT molecular complexity index is 889. The third-order valence-electron chi connectivity index (χ3n) is 4.42. The van der Waals surface area contributed by atoms with E-state index in [0.29, 0.717) is 18.6 Å². The van der Waals surface area contributed by atoms with Crippen LogP contribution in [0.4, 0.5) is 8.78 Å². The number of hydrogen-bond donors (Lipinski definition) is 1. The Morgan fingerprint density at radius 2 is 1.79 bits per heavy atom. The van der Waals surface area contributed by atoms with Crippen LogP contribution in [0.5, 0.6) is 0 Å². The van der Waals surface area contributed by atoms with E-state index >= 15 is 0 Å². The average molecular weight is 348 g/mol. The van der Waals surface area contributed by atoms with Gasteiger partial charge in [-0.2, -0.15) is 0 Å². The van der Waals surface area contributed by atoms with Gasteiger partial charge in [-0.1, -0.05) is 11.9 Å². The molecule has 0 aliphatic carbocycles. The fourth-order valence-electron chi connectivity index (χ4n) is 3.39. The molecule has 1 aliphatic heterocycles. The standard InChI is InChI=1S/C18H18F2N2OS/c19-12-3-5-17-16(8-12)15-4-2-13(20)9-18(15)22(17)11-14(23)10-21-6-1-7-24-21/h2-5,8-9,14,23H,1,6-7,10-11H2. The molecule has 0 amide bonds. The number of benzene rings is 2. The zero-order valence-corrected chi connectivity index (χ0v) is 13.9. The summed E-state index contributed by atoms with van der Waals surface area (Å²) >= 11 is 1.75. The van der Waals surface area contributed by atoms with Crippen LogP contribution in [0.3, 0.4) is 0 Å². The number of rotatable bonds is 4. The van der Waals surface area contributed by atoms with E-state index in [1.54, 1.807) is 24.1 Å². The number of aliphatic hydroxyl groups is 1. The first-order valence-electron chi connectivity index (χ1n) is 8.05. The van der Waals surface area contributed by atoms with Gasteiger partial charge < -0.3 is 9.67 Å². The molecule has 6 heteroatoms. The van der Waals surface area contributed by atoms with Gasteiger partial charge in [0.2, 0.25) is 0 Å². The molecule has 3 nitrogen and oxygen atoms in total. The third kappa shape index (κ3) is 2.90. The fourth-order valence-corrected chi connectivity index (χ4v) is 4.44. The van der Waals surface area contributed by atoms with Crippen LogP contribution in [0, 0.1) is 11.6 Å². The van der Waals surface area contributed by atoms with Crippen LogP contribution in [0.1, 0.15) is 6.42 Å². The summed E-state index contributed by atoms with van der Waals surface area (Å²) in [5.41, 5.74) is 1.49. The van der Waals surface area contributed by atoms with E-state index in [4.69, 9.17) is 0 Å². The predicted molar refractivity (Wildman–Crippen MR) is 94.0 cm³/mol. The van der Waals surface area contributed by atoms with Gasteiger partial charge in [0.15, 0.2) is 0 Å². The highest BCUT2D eigenvalue weighted by Crippen LogP contribution is 2.30. The molecule has 1 N–H and O–H groups in total. The van der Waals surface area contributed by atoms with E-state index in [2.05, 4.69) is 4.31 Å². The molecule has 0 bridgehead atoms. The van der Waals surface area contributed by atoms with Crippen LogP contribution < -0.4 is 0 Å². The smallest absolute Gasteiger partial charge is 0.125 e. The highest BCUT2D eigenvalue weighted by Gasteiger charge is 2.19. The third-order valence-corrected chi connectivity index (χ3v) is 5.59. The second-order valence-electron chi connectivity index (χ2n) is 6.16. The molecule has 2 heterocycles. The van der Waals surface area contributed by atoms with E-state index in [9.17, 15) is 13.9 Å². The van der Waals surface area contributed by atoms with E-state index in [1.165, 1.54) is 24.3 Å². The Morgan fingerprint density at radius 3 is 2.58 bits per heavy atom. The highest BCUT2D eigenvalue weighted by atomic mass is 32.2. The van der Waals surface area contributed by atoms with Crippen molar-refractivity contribution in [2.24, 2.45) is 0 Å². The van der Waals surface area contributed by atoms with E-state index < -0.39 is 6.10 Å². The van der Waals surface area contributed by atoms with Gasteiger partial charge in [-0.3, -0.25) is 0 Å². The van der Waals surface area contributed by atoms with Gasteiger partial charge in [0.1, 0.15) is 11.6 Å². The molecule has 1 aromatic heterocycles. The lowest BCUT2D eigenvalue weighted by Gasteiger charge is -2.19. The van der Waals surface area contributed by atoms with Crippen LogP contribution in [-0.4, -0.2) is 38.9 Å². The Labute approximate surface area is 143 Å². The van der Waals surface area contributed by atoms with E-state index in [0.717, 1.165) is 35.0 Å². The summed E-state index contributed by atoms with van der Waals surface area (Å²) in [6.45, 7) is 1.91. The van der Waals surface area contributed by atoms with Crippen molar-refractivity contribution < 1.29 is 13.9 Å². The molecule has 1 atom stereocenters. The summed E-state index contributed by atoms with van der Waals surface area (Å²) in [4.78, 5) is 0. The zero-order valence-electron chi connectivity index (χ0n) is 13.1. The summed E-state index contributed by atoms with van der Waals surface area (Å²) in [6.07, 6.45) is 0.569. The maximum atomic E-state index is 13.7. The van der Waals surface area contributed by atoms with Gasteiger partial charge in [-0.15, -0.1) is 0 Å². The summed E-state index contributed by atoms with van der Waals surface area (Å²) in [6, 6.07) is 9.07. The number of fused-ring (bicyclic) bond motifs is 3. The number of aromatic nitrogens is 1. The van der Waals surface area contributed by atoms with Crippen molar-refractivity contribution in [2.45, 2.75) is 19.1 Å². The number of aliphatic hydroxyl groups excluding tert-OH is 1. The van der Waals surface area contributed by atoms with Gasteiger partial charge in [0.25, 0.3) is 0 Å². The molecule has 3 aromatic rings. The summed E-state index contributed by atoms with van der Waals surface area (Å²) in [7, 11) is 0. The normalized spacial score (nSPS) is 17.1. The molecule has 0 spiro atoms. The molecule has 1 fully saturated rings. The lowest BCUT2D eigenvalue weighted by Crippen LogP contribution is -2.29. The minimum absolute atomic E-state index is 0.320. The largest absolute Gasteiger partial charge is 0.390 e. The molecule has 126 valence electrons. The molecule has 1 saturated heterocycles. The zero-order chi connectivity index (χ0) is 16.7. The Hall–Kier alpha value is -1.63. The first-order chi connectivity index (χ1) is 11.6. The van der Waals surface area contributed by atoms with Crippen molar-refractivity contribution >= 4 is 33.8 Å². The van der Waals surface area contributed by atoms with Crippen LogP contribution >= 0.6 is 11.9 Å². The van der Waals surface area contributed by atoms with E-state index in [-0.39, 0.29) is 11.6 Å². The molecule has 2 aromatic carbocycles. The summed E-state index contributed by atoms with van der Waals surface area (Å²) < 4.78 is 31.4. The van der Waals surface area contributed by atoms with Gasteiger partial charge in [-0.25, -0.2) is 13.1 Å². The van der Waals surface area contributed by atoms with Crippen LogP contribution in [0.15, 0.2) is 36.4 Å². The topological polar surface area (TPSA) is 28.4 Å². The fraction of sp³-hybridized carbons (Fsp3) is 0.333. The van der Waals surface area contributed by atoms with Gasteiger partial charge in [-0.05, 0) is 42.8 Å². The second-order valence-corrected chi connectivity index (χ2v) is 7.34. The molecule has 0 radical (unpaired) electrons. The van der Waals surface area contributed by atoms with Crippen molar-refractivity contribution in [1.82, 2.24) is 8.87 Å². The summed E-state index contributed by atoms with van der Waals surface area (Å²) in [5, 5.41) is 12.0. The maximum Gasteiger partial charge on any atom is 0.125 e. The minimum atomic E-state index is -0.567. The summed E-state index contributed by atoms with van der Waals surface area (Å²) in [5.74, 6) is 0.434. The number of hydrogen-bond acceptors (Lipinski definition) is 3. The molecule has 24 heavy (non-hydrogen) atoms. The molecular formula is C18H18F2N2OS. The molecular weight excluding hydrogens is 330 g/mol. The van der Waals surface area contributed by atoms with Crippen molar-refractivity contribution in [2.75, 3.05) is 18.8 Å². The molecule has 4 rings (SSSR count). The van der Waals surface area contributed by atoms with Crippen molar-refractivity contribution in [3.8, 4) is 0 Å². The highest BCUT2D eigenvalue weighted by molar-refractivity contribution is 7.97. The van der Waals surface area contributed by atoms with Crippen molar-refractivity contribution in [1.29, 1.82) is 0 Å².